The Balaban J connectivity index is 2.76. The van der Waals surface area contributed by atoms with E-state index in [-0.39, 0.29) is 17.2 Å². The molecule has 0 atom stereocenters. The molecule has 0 bridgehead atoms. The van der Waals surface area contributed by atoms with Gasteiger partial charge in [0, 0.05) is 31.6 Å². The van der Waals surface area contributed by atoms with E-state index in [9.17, 15) is 16.8 Å². The predicted octanol–water partition coefficient (Wildman–Crippen LogP) is 0.226. The molecule has 0 spiro atoms. The Kier molecular flexibility index (Phi) is 5.90. The van der Waals surface area contributed by atoms with Crippen molar-refractivity contribution in [3.8, 4) is 0 Å². The quantitative estimate of drug-likeness (QED) is 0.710. The molecule has 0 aliphatic heterocycles. The molecule has 1 rings (SSSR count). The summed E-state index contributed by atoms with van der Waals surface area (Å²) in [6.45, 7) is 2.53. The number of hydrogen-bond acceptors (Lipinski definition) is 6. The summed E-state index contributed by atoms with van der Waals surface area (Å²) in [7, 11) is -6.93. The van der Waals surface area contributed by atoms with Crippen molar-refractivity contribution in [3.63, 3.8) is 0 Å². The first-order valence-electron chi connectivity index (χ1n) is 6.12. The lowest BCUT2D eigenvalue weighted by atomic mass is 10.4. The molecular formula is C11H19N3O4S2. The number of nitrogens with one attached hydrogen (secondary N) is 2. The summed E-state index contributed by atoms with van der Waals surface area (Å²) in [5.41, 5.74) is 0. The SMILES string of the molecule is CCCNc1cc(S(=O)(=O)NCCS(C)(=O)=O)ccn1. The number of rotatable bonds is 8. The third kappa shape index (κ3) is 5.85. The van der Waals surface area contributed by atoms with Gasteiger partial charge in [-0.15, -0.1) is 0 Å². The minimum atomic E-state index is -3.72. The number of sulfonamides is 1. The first-order chi connectivity index (χ1) is 9.24. The molecular weight excluding hydrogens is 302 g/mol. The number of hydrogen-bond donors (Lipinski definition) is 2. The molecule has 0 aliphatic rings. The van der Waals surface area contributed by atoms with Gasteiger partial charge in [0.05, 0.1) is 10.6 Å². The van der Waals surface area contributed by atoms with Gasteiger partial charge < -0.3 is 5.32 Å². The normalized spacial score (nSPS) is 12.3. The lowest BCUT2D eigenvalue weighted by molar-refractivity contribution is 0.582. The lowest BCUT2D eigenvalue weighted by Gasteiger charge is -2.08. The highest BCUT2D eigenvalue weighted by Crippen LogP contribution is 2.12. The minimum Gasteiger partial charge on any atom is -0.370 e. The van der Waals surface area contributed by atoms with Crippen LogP contribution in [-0.4, -0.2) is 46.9 Å². The Morgan fingerprint density at radius 3 is 2.50 bits per heavy atom. The molecule has 1 aromatic heterocycles. The van der Waals surface area contributed by atoms with Crippen molar-refractivity contribution >= 4 is 25.7 Å². The molecule has 0 amide bonds. The number of pyridine rings is 1. The molecule has 20 heavy (non-hydrogen) atoms. The zero-order valence-corrected chi connectivity index (χ0v) is 13.1. The Morgan fingerprint density at radius 2 is 1.90 bits per heavy atom. The second-order valence-corrected chi connectivity index (χ2v) is 8.36. The molecule has 0 aliphatic carbocycles. The molecule has 0 unspecified atom stereocenters. The minimum absolute atomic E-state index is 0.0552. The average molecular weight is 321 g/mol. The summed E-state index contributed by atoms with van der Waals surface area (Å²) >= 11 is 0. The molecule has 7 nitrogen and oxygen atoms in total. The molecule has 0 fully saturated rings. The van der Waals surface area contributed by atoms with Crippen molar-refractivity contribution in [2.24, 2.45) is 0 Å². The van der Waals surface area contributed by atoms with Crippen LogP contribution in [-0.2, 0) is 19.9 Å². The summed E-state index contributed by atoms with van der Waals surface area (Å²) in [5.74, 6) is 0.232. The van der Waals surface area contributed by atoms with Gasteiger partial charge in [0.15, 0.2) is 0 Å². The molecule has 114 valence electrons. The fraction of sp³-hybridized carbons (Fsp3) is 0.545. The number of aromatic nitrogens is 1. The van der Waals surface area contributed by atoms with E-state index in [0.29, 0.717) is 12.4 Å². The van der Waals surface area contributed by atoms with Gasteiger partial charge in [-0.25, -0.2) is 26.5 Å². The van der Waals surface area contributed by atoms with Gasteiger partial charge in [-0.05, 0) is 12.5 Å². The van der Waals surface area contributed by atoms with Crippen molar-refractivity contribution in [2.75, 3.05) is 30.4 Å². The second-order valence-electron chi connectivity index (χ2n) is 4.33. The molecule has 0 saturated heterocycles. The smallest absolute Gasteiger partial charge is 0.240 e. The zero-order valence-electron chi connectivity index (χ0n) is 11.5. The van der Waals surface area contributed by atoms with Crippen LogP contribution >= 0.6 is 0 Å². The van der Waals surface area contributed by atoms with E-state index in [0.717, 1.165) is 12.7 Å². The highest BCUT2D eigenvalue weighted by atomic mass is 32.2. The summed E-state index contributed by atoms with van der Waals surface area (Å²) in [5, 5.41) is 2.99. The standard InChI is InChI=1S/C11H19N3O4S2/c1-3-5-12-11-9-10(4-6-13-11)20(17,18)14-7-8-19(2,15)16/h4,6,9,14H,3,5,7-8H2,1-2H3,(H,12,13). The maximum Gasteiger partial charge on any atom is 0.240 e. The van der Waals surface area contributed by atoms with E-state index in [1.54, 1.807) is 0 Å². The van der Waals surface area contributed by atoms with E-state index in [4.69, 9.17) is 0 Å². The van der Waals surface area contributed by atoms with Gasteiger partial charge in [-0.3, -0.25) is 0 Å². The molecule has 0 aromatic carbocycles. The predicted molar refractivity (Wildman–Crippen MR) is 77.9 cm³/mol. The van der Waals surface area contributed by atoms with Crippen LogP contribution in [0.25, 0.3) is 0 Å². The van der Waals surface area contributed by atoms with Crippen LogP contribution in [0, 0.1) is 0 Å². The lowest BCUT2D eigenvalue weighted by Crippen LogP contribution is -2.29. The third-order valence-electron chi connectivity index (χ3n) is 2.36. The Hall–Kier alpha value is -1.19. The van der Waals surface area contributed by atoms with Gasteiger partial charge in [0.25, 0.3) is 0 Å². The van der Waals surface area contributed by atoms with Crippen LogP contribution in [0.15, 0.2) is 23.2 Å². The van der Waals surface area contributed by atoms with Gasteiger partial charge in [0.2, 0.25) is 10.0 Å². The van der Waals surface area contributed by atoms with E-state index >= 15 is 0 Å². The Labute approximate surface area is 119 Å². The Morgan fingerprint density at radius 1 is 1.20 bits per heavy atom. The van der Waals surface area contributed by atoms with E-state index in [1.165, 1.54) is 18.3 Å². The van der Waals surface area contributed by atoms with Gasteiger partial charge in [-0.1, -0.05) is 6.92 Å². The topological polar surface area (TPSA) is 105 Å². The maximum atomic E-state index is 12.0. The first-order valence-corrected chi connectivity index (χ1v) is 9.66. The average Bonchev–Trinajstić information content (AvgIpc) is 2.35. The molecule has 0 saturated carbocycles. The summed E-state index contributed by atoms with van der Waals surface area (Å²) in [4.78, 5) is 4.07. The van der Waals surface area contributed by atoms with Crippen LogP contribution in [0.4, 0.5) is 5.82 Å². The van der Waals surface area contributed by atoms with Gasteiger partial charge >= 0.3 is 0 Å². The fourth-order valence-corrected chi connectivity index (χ4v) is 3.02. The van der Waals surface area contributed by atoms with Crippen molar-refractivity contribution in [1.82, 2.24) is 9.71 Å². The van der Waals surface area contributed by atoms with E-state index in [2.05, 4.69) is 15.0 Å². The summed E-state index contributed by atoms with van der Waals surface area (Å²) in [6.07, 6.45) is 3.34. The van der Waals surface area contributed by atoms with Crippen molar-refractivity contribution in [1.29, 1.82) is 0 Å². The number of anilines is 1. The number of nitrogens with zero attached hydrogens (tertiary/aromatic N) is 1. The number of sulfone groups is 1. The maximum absolute atomic E-state index is 12.0. The van der Waals surface area contributed by atoms with Crippen molar-refractivity contribution in [2.45, 2.75) is 18.2 Å². The molecule has 2 N–H and O–H groups in total. The third-order valence-corrected chi connectivity index (χ3v) is 4.77. The molecule has 1 heterocycles. The first kappa shape index (κ1) is 16.9. The van der Waals surface area contributed by atoms with E-state index < -0.39 is 19.9 Å². The van der Waals surface area contributed by atoms with Crippen LogP contribution in [0.2, 0.25) is 0 Å². The largest absolute Gasteiger partial charge is 0.370 e. The molecule has 1 aromatic rings. The van der Waals surface area contributed by atoms with Crippen LogP contribution < -0.4 is 10.0 Å². The van der Waals surface area contributed by atoms with E-state index in [1.807, 2.05) is 6.92 Å². The summed E-state index contributed by atoms with van der Waals surface area (Å²) < 4.78 is 48.2. The highest BCUT2D eigenvalue weighted by molar-refractivity contribution is 7.91. The van der Waals surface area contributed by atoms with Crippen molar-refractivity contribution in [3.05, 3.63) is 18.3 Å². The fourth-order valence-electron chi connectivity index (χ4n) is 1.37. The zero-order chi connectivity index (χ0) is 15.2. The second kappa shape index (κ2) is 7.00. The monoisotopic (exact) mass is 321 g/mol. The van der Waals surface area contributed by atoms with Gasteiger partial charge in [0.1, 0.15) is 15.7 Å². The van der Waals surface area contributed by atoms with Crippen LogP contribution in [0.1, 0.15) is 13.3 Å². The van der Waals surface area contributed by atoms with Crippen LogP contribution in [0.5, 0.6) is 0 Å². The van der Waals surface area contributed by atoms with Crippen LogP contribution in [0.3, 0.4) is 0 Å². The summed E-state index contributed by atoms with van der Waals surface area (Å²) in [6, 6.07) is 2.78. The molecule has 0 radical (unpaired) electrons. The highest BCUT2D eigenvalue weighted by Gasteiger charge is 2.15. The van der Waals surface area contributed by atoms with Crippen molar-refractivity contribution < 1.29 is 16.8 Å². The Bertz CT molecular complexity index is 641. The molecule has 9 heteroatoms. The van der Waals surface area contributed by atoms with Gasteiger partial charge in [-0.2, -0.15) is 0 Å².